The van der Waals surface area contributed by atoms with Gasteiger partial charge < -0.3 is 0 Å². The van der Waals surface area contributed by atoms with Crippen LogP contribution in [-0.2, 0) is 0 Å². The third-order valence-electron chi connectivity index (χ3n) is 3.57. The molecule has 0 bridgehead atoms. The van der Waals surface area contributed by atoms with Gasteiger partial charge in [-0.25, -0.2) is 9.98 Å². The van der Waals surface area contributed by atoms with Crippen LogP contribution in [0.15, 0.2) is 35.4 Å². The lowest BCUT2D eigenvalue weighted by Gasteiger charge is -2.16. The van der Waals surface area contributed by atoms with E-state index in [9.17, 15) is 0 Å². The molecule has 0 aromatic carbocycles. The van der Waals surface area contributed by atoms with Crippen molar-refractivity contribution in [3.8, 4) is 0 Å². The van der Waals surface area contributed by atoms with Crippen LogP contribution < -0.4 is 0 Å². The Labute approximate surface area is 125 Å². The summed E-state index contributed by atoms with van der Waals surface area (Å²) in [4.78, 5) is 8.40. The molecular formula is C18H32N2. The summed E-state index contributed by atoms with van der Waals surface area (Å²) in [5, 5.41) is 0. The van der Waals surface area contributed by atoms with Gasteiger partial charge in [-0.1, -0.05) is 72.0 Å². The summed E-state index contributed by atoms with van der Waals surface area (Å²) in [7, 11) is 0. The fourth-order valence-electron chi connectivity index (χ4n) is 2.37. The van der Waals surface area contributed by atoms with E-state index in [0.29, 0.717) is 5.92 Å². The molecule has 0 saturated carbocycles. The first-order valence-electron chi connectivity index (χ1n) is 8.12. The smallest absolute Gasteiger partial charge is 0.115 e. The average molecular weight is 276 g/mol. The predicted molar refractivity (Wildman–Crippen MR) is 92.7 cm³/mol. The molecule has 114 valence electrons. The molecule has 2 nitrogen and oxygen atoms in total. The van der Waals surface area contributed by atoms with Gasteiger partial charge in [-0.2, -0.15) is 0 Å². The first-order valence-corrected chi connectivity index (χ1v) is 8.12. The highest BCUT2D eigenvalue weighted by Crippen LogP contribution is 2.20. The van der Waals surface area contributed by atoms with E-state index >= 15 is 0 Å². The second-order valence-electron chi connectivity index (χ2n) is 5.25. The van der Waals surface area contributed by atoms with Gasteiger partial charge in [0.1, 0.15) is 6.34 Å². The van der Waals surface area contributed by atoms with Crippen molar-refractivity contribution < 1.29 is 0 Å². The third kappa shape index (κ3) is 9.71. The van der Waals surface area contributed by atoms with Crippen molar-refractivity contribution in [3.05, 3.63) is 25.4 Å². The summed E-state index contributed by atoms with van der Waals surface area (Å²) in [5.74, 6) is 0.534. The molecule has 0 aliphatic carbocycles. The number of nitrogens with zero attached hydrogens (tertiary/aromatic N) is 2. The molecule has 0 rings (SSSR count). The number of hydrogen-bond acceptors (Lipinski definition) is 1. The lowest BCUT2D eigenvalue weighted by molar-refractivity contribution is 0.500. The number of aliphatic imine (C=N–C) groups is 2. The van der Waals surface area contributed by atoms with E-state index in [-0.39, 0.29) is 0 Å². The van der Waals surface area contributed by atoms with Crippen molar-refractivity contribution >= 4 is 12.1 Å². The Balaban J connectivity index is 4.50. The standard InChI is InChI=1S/C18H32N2/c1-5-9-11-13-15-17(14-12-10-6-2)18(7-3)20-16-19-8-4/h7-8,16-17H,3-6,9-15H2,1-2H3. The van der Waals surface area contributed by atoms with Gasteiger partial charge in [-0.05, 0) is 18.9 Å². The minimum Gasteiger partial charge on any atom is -0.245 e. The Morgan fingerprint density at radius 1 is 0.950 bits per heavy atom. The highest BCUT2D eigenvalue weighted by atomic mass is 14.8. The molecule has 0 aliphatic heterocycles. The van der Waals surface area contributed by atoms with E-state index < -0.39 is 0 Å². The highest BCUT2D eigenvalue weighted by Gasteiger charge is 2.12. The number of hydrogen-bond donors (Lipinski definition) is 0. The molecular weight excluding hydrogens is 244 g/mol. The third-order valence-corrected chi connectivity index (χ3v) is 3.57. The second kappa shape index (κ2) is 14.2. The first kappa shape index (κ1) is 18.8. The van der Waals surface area contributed by atoms with E-state index in [4.69, 9.17) is 0 Å². The van der Waals surface area contributed by atoms with Gasteiger partial charge in [0.25, 0.3) is 0 Å². The molecule has 0 aliphatic rings. The molecule has 1 unspecified atom stereocenters. The fourth-order valence-corrected chi connectivity index (χ4v) is 2.37. The van der Waals surface area contributed by atoms with E-state index in [0.717, 1.165) is 5.71 Å². The molecule has 0 heterocycles. The van der Waals surface area contributed by atoms with Crippen molar-refractivity contribution in [1.82, 2.24) is 0 Å². The lowest BCUT2D eigenvalue weighted by atomic mass is 9.90. The average Bonchev–Trinajstić information content (AvgIpc) is 2.47. The monoisotopic (exact) mass is 276 g/mol. The van der Waals surface area contributed by atoms with Crippen LogP contribution in [0, 0.1) is 5.92 Å². The van der Waals surface area contributed by atoms with Crippen LogP contribution in [-0.4, -0.2) is 12.1 Å². The zero-order valence-electron chi connectivity index (χ0n) is 13.5. The summed E-state index contributed by atoms with van der Waals surface area (Å²) in [5.41, 5.74) is 1.09. The SMILES string of the molecule is C=CN=CN=C(C=C)C(CCCCC)CCCCCC. The molecule has 0 aromatic rings. The van der Waals surface area contributed by atoms with Gasteiger partial charge in [0.2, 0.25) is 0 Å². The van der Waals surface area contributed by atoms with Gasteiger partial charge in [0.15, 0.2) is 0 Å². The molecule has 0 amide bonds. The Morgan fingerprint density at radius 2 is 1.55 bits per heavy atom. The molecule has 20 heavy (non-hydrogen) atoms. The Bertz CT molecular complexity index is 303. The first-order chi connectivity index (χ1) is 9.79. The van der Waals surface area contributed by atoms with Crippen LogP contribution in [0.25, 0.3) is 0 Å². The summed E-state index contributed by atoms with van der Waals surface area (Å²) in [6, 6.07) is 0. The summed E-state index contributed by atoms with van der Waals surface area (Å²) >= 11 is 0. The zero-order chi connectivity index (χ0) is 15.1. The summed E-state index contributed by atoms with van der Waals surface area (Å²) in [6.45, 7) is 12.0. The molecule has 1 atom stereocenters. The van der Waals surface area contributed by atoms with Crippen molar-refractivity contribution in [2.24, 2.45) is 15.9 Å². The lowest BCUT2D eigenvalue weighted by Crippen LogP contribution is -2.13. The van der Waals surface area contributed by atoms with Crippen molar-refractivity contribution in [3.63, 3.8) is 0 Å². The maximum absolute atomic E-state index is 4.45. The molecule has 0 aromatic heterocycles. The van der Waals surface area contributed by atoms with Gasteiger partial charge in [-0.3, -0.25) is 0 Å². The van der Waals surface area contributed by atoms with Crippen LogP contribution in [0.1, 0.15) is 71.6 Å². The number of unbranched alkanes of at least 4 members (excludes halogenated alkanes) is 5. The van der Waals surface area contributed by atoms with E-state index in [1.165, 1.54) is 64.0 Å². The molecule has 0 saturated heterocycles. The Morgan fingerprint density at radius 3 is 2.10 bits per heavy atom. The van der Waals surface area contributed by atoms with Crippen LogP contribution in [0.4, 0.5) is 0 Å². The molecule has 0 fully saturated rings. The quantitative estimate of drug-likeness (QED) is 0.225. The highest BCUT2D eigenvalue weighted by molar-refractivity contribution is 6.00. The molecule has 2 heteroatoms. The number of allylic oxidation sites excluding steroid dienone is 1. The van der Waals surface area contributed by atoms with Crippen LogP contribution >= 0.6 is 0 Å². The van der Waals surface area contributed by atoms with E-state index in [1.54, 1.807) is 6.34 Å². The van der Waals surface area contributed by atoms with E-state index in [2.05, 4.69) is 37.0 Å². The minimum absolute atomic E-state index is 0.534. The van der Waals surface area contributed by atoms with Crippen molar-refractivity contribution in [2.75, 3.05) is 0 Å². The maximum Gasteiger partial charge on any atom is 0.115 e. The van der Waals surface area contributed by atoms with Gasteiger partial charge in [0, 0.05) is 17.8 Å². The maximum atomic E-state index is 4.45. The Hall–Kier alpha value is -1.18. The van der Waals surface area contributed by atoms with Crippen molar-refractivity contribution in [2.45, 2.75) is 71.6 Å². The van der Waals surface area contributed by atoms with Gasteiger partial charge in [0.05, 0.1) is 0 Å². The van der Waals surface area contributed by atoms with Crippen LogP contribution in [0.3, 0.4) is 0 Å². The Kier molecular flexibility index (Phi) is 13.4. The van der Waals surface area contributed by atoms with Gasteiger partial charge >= 0.3 is 0 Å². The topological polar surface area (TPSA) is 24.7 Å². The molecule has 0 spiro atoms. The van der Waals surface area contributed by atoms with Crippen LogP contribution in [0.2, 0.25) is 0 Å². The molecule has 0 radical (unpaired) electrons. The number of rotatable bonds is 13. The fraction of sp³-hybridized carbons (Fsp3) is 0.667. The summed E-state index contributed by atoms with van der Waals surface area (Å²) in [6.07, 6.45) is 16.5. The normalized spacial score (nSPS) is 13.6. The van der Waals surface area contributed by atoms with E-state index in [1.807, 2.05) is 6.08 Å². The van der Waals surface area contributed by atoms with Gasteiger partial charge in [-0.15, -0.1) is 0 Å². The summed E-state index contributed by atoms with van der Waals surface area (Å²) < 4.78 is 0. The van der Waals surface area contributed by atoms with Crippen molar-refractivity contribution in [1.29, 1.82) is 0 Å². The van der Waals surface area contributed by atoms with Crippen LogP contribution in [0.5, 0.6) is 0 Å². The zero-order valence-corrected chi connectivity index (χ0v) is 13.5. The second-order valence-corrected chi connectivity index (χ2v) is 5.25. The predicted octanol–water partition coefficient (Wildman–Crippen LogP) is 5.95. The minimum atomic E-state index is 0.534. The largest absolute Gasteiger partial charge is 0.245 e. The molecule has 0 N–H and O–H groups in total.